The van der Waals surface area contributed by atoms with Crippen molar-refractivity contribution in [2.24, 2.45) is 0 Å². The molecule has 0 bridgehead atoms. The summed E-state index contributed by atoms with van der Waals surface area (Å²) in [5.74, 6) is -2.71. The molecule has 0 radical (unpaired) electrons. The molecule has 0 saturated carbocycles. The first kappa shape index (κ1) is 24.2. The second-order valence-corrected chi connectivity index (χ2v) is 6.96. The number of piperazine rings is 1. The second kappa shape index (κ2) is 13.4. The van der Waals surface area contributed by atoms with Crippen LogP contribution in [0.3, 0.4) is 0 Å². The lowest BCUT2D eigenvalue weighted by Crippen LogP contribution is -2.46. The average Bonchev–Trinajstić information content (AvgIpc) is 2.69. The van der Waals surface area contributed by atoms with Crippen molar-refractivity contribution in [2.75, 3.05) is 45.9 Å². The van der Waals surface area contributed by atoms with Gasteiger partial charge in [0.05, 0.1) is 6.61 Å². The number of carboxylic acid groups (broad SMARTS) is 2. The molecule has 1 heterocycles. The summed E-state index contributed by atoms with van der Waals surface area (Å²) in [5, 5.41) is 15.6. The van der Waals surface area contributed by atoms with Gasteiger partial charge in [-0.1, -0.05) is 25.4 Å². The number of nitrogens with zero attached hydrogens (tertiary/aromatic N) is 2. The summed E-state index contributed by atoms with van der Waals surface area (Å²) >= 11 is 6.12. The van der Waals surface area contributed by atoms with Crippen molar-refractivity contribution in [3.8, 4) is 5.75 Å². The van der Waals surface area contributed by atoms with Gasteiger partial charge < -0.3 is 24.7 Å². The van der Waals surface area contributed by atoms with Crippen LogP contribution in [0.2, 0.25) is 5.02 Å². The number of carbonyl (C=O) groups is 2. The summed E-state index contributed by atoms with van der Waals surface area (Å²) in [4.78, 5) is 23.3. The minimum absolute atomic E-state index is 0.791. The standard InChI is InChI=1S/C18H29ClN2O.C2H2O4/c1-3-16-15-17(7-8-18(16)19)22-14-6-5-9-21-12-10-20(4-2)11-13-21;3-1(4)2(5)6/h7-8,15H,3-6,9-14H2,1-2H3;(H,3,4)(H,5,6). The maximum Gasteiger partial charge on any atom is 0.414 e. The fraction of sp³-hybridized carbons (Fsp3) is 0.600. The first-order valence-electron chi connectivity index (χ1n) is 9.69. The molecule has 1 fully saturated rings. The molecule has 0 spiro atoms. The number of aliphatic carboxylic acids is 2. The van der Waals surface area contributed by atoms with Crippen LogP contribution >= 0.6 is 11.6 Å². The summed E-state index contributed by atoms with van der Waals surface area (Å²) in [5.41, 5.74) is 1.16. The van der Waals surface area contributed by atoms with Gasteiger partial charge in [-0.15, -0.1) is 0 Å². The third kappa shape index (κ3) is 9.39. The number of hydrogen-bond acceptors (Lipinski definition) is 5. The van der Waals surface area contributed by atoms with Gasteiger partial charge in [0.15, 0.2) is 0 Å². The Hall–Kier alpha value is -1.83. The Balaban J connectivity index is 0.000000568. The molecular formula is C20H31ClN2O5. The van der Waals surface area contributed by atoms with Crippen LogP contribution in [0.15, 0.2) is 18.2 Å². The van der Waals surface area contributed by atoms with Gasteiger partial charge >= 0.3 is 11.9 Å². The van der Waals surface area contributed by atoms with E-state index in [0.717, 1.165) is 35.8 Å². The number of ether oxygens (including phenoxy) is 1. The molecule has 1 aliphatic rings. The van der Waals surface area contributed by atoms with Gasteiger partial charge in [0.2, 0.25) is 0 Å². The van der Waals surface area contributed by atoms with Gasteiger partial charge in [-0.3, -0.25) is 0 Å². The number of rotatable bonds is 8. The fourth-order valence-corrected chi connectivity index (χ4v) is 3.12. The van der Waals surface area contributed by atoms with E-state index in [1.54, 1.807) is 0 Å². The highest BCUT2D eigenvalue weighted by atomic mass is 35.5. The Labute approximate surface area is 171 Å². The van der Waals surface area contributed by atoms with Crippen LogP contribution in [0.1, 0.15) is 32.3 Å². The molecular weight excluding hydrogens is 384 g/mol. The van der Waals surface area contributed by atoms with Gasteiger partial charge in [0, 0.05) is 31.2 Å². The maximum atomic E-state index is 9.10. The quantitative estimate of drug-likeness (QED) is 0.499. The molecule has 2 rings (SSSR count). The molecule has 0 unspecified atom stereocenters. The van der Waals surface area contributed by atoms with Gasteiger partial charge in [0.1, 0.15) is 5.75 Å². The summed E-state index contributed by atoms with van der Waals surface area (Å²) in [6.45, 7) is 12.4. The summed E-state index contributed by atoms with van der Waals surface area (Å²) in [6, 6.07) is 5.96. The Morgan fingerprint density at radius 3 is 2.18 bits per heavy atom. The Morgan fingerprint density at radius 1 is 1.04 bits per heavy atom. The lowest BCUT2D eigenvalue weighted by molar-refractivity contribution is -0.159. The predicted octanol–water partition coefficient (Wildman–Crippen LogP) is 2.85. The van der Waals surface area contributed by atoms with Gasteiger partial charge in [-0.2, -0.15) is 0 Å². The van der Waals surface area contributed by atoms with E-state index in [2.05, 4.69) is 29.7 Å². The second-order valence-electron chi connectivity index (χ2n) is 6.55. The monoisotopic (exact) mass is 414 g/mol. The number of hydrogen-bond donors (Lipinski definition) is 2. The van der Waals surface area contributed by atoms with E-state index in [-0.39, 0.29) is 0 Å². The number of carboxylic acids is 2. The van der Waals surface area contributed by atoms with Crippen LogP contribution in [0, 0.1) is 0 Å². The number of unbranched alkanes of at least 4 members (excludes halogenated alkanes) is 1. The molecule has 1 aliphatic heterocycles. The van der Waals surface area contributed by atoms with E-state index >= 15 is 0 Å². The van der Waals surface area contributed by atoms with Crippen molar-refractivity contribution in [3.63, 3.8) is 0 Å². The zero-order chi connectivity index (χ0) is 20.9. The van der Waals surface area contributed by atoms with E-state index in [0.29, 0.717) is 0 Å². The third-order valence-corrected chi connectivity index (χ3v) is 5.00. The van der Waals surface area contributed by atoms with E-state index in [4.69, 9.17) is 36.1 Å². The van der Waals surface area contributed by atoms with E-state index < -0.39 is 11.9 Å². The van der Waals surface area contributed by atoms with Crippen molar-refractivity contribution in [3.05, 3.63) is 28.8 Å². The summed E-state index contributed by atoms with van der Waals surface area (Å²) in [7, 11) is 0. The summed E-state index contributed by atoms with van der Waals surface area (Å²) in [6.07, 6.45) is 3.26. The lowest BCUT2D eigenvalue weighted by atomic mass is 10.1. The van der Waals surface area contributed by atoms with Crippen LogP contribution in [-0.4, -0.2) is 77.8 Å². The topological polar surface area (TPSA) is 90.3 Å². The average molecular weight is 415 g/mol. The normalized spacial score (nSPS) is 14.8. The molecule has 0 aromatic heterocycles. The molecule has 0 aliphatic carbocycles. The molecule has 8 heteroatoms. The first-order chi connectivity index (χ1) is 13.4. The van der Waals surface area contributed by atoms with Crippen LogP contribution in [0.25, 0.3) is 0 Å². The number of likely N-dealkylation sites (N-methyl/N-ethyl adjacent to an activating group) is 1. The zero-order valence-electron chi connectivity index (χ0n) is 16.7. The van der Waals surface area contributed by atoms with Crippen LogP contribution < -0.4 is 4.74 Å². The minimum Gasteiger partial charge on any atom is -0.494 e. The van der Waals surface area contributed by atoms with Crippen molar-refractivity contribution in [2.45, 2.75) is 33.1 Å². The Kier molecular flexibility index (Phi) is 11.6. The van der Waals surface area contributed by atoms with Gasteiger partial charge in [-0.25, -0.2) is 9.59 Å². The smallest absolute Gasteiger partial charge is 0.414 e. The van der Waals surface area contributed by atoms with E-state index in [1.165, 1.54) is 45.7 Å². The summed E-state index contributed by atoms with van der Waals surface area (Å²) < 4.78 is 5.84. The highest BCUT2D eigenvalue weighted by Gasteiger charge is 2.14. The molecule has 28 heavy (non-hydrogen) atoms. The van der Waals surface area contributed by atoms with E-state index in [1.807, 2.05) is 12.1 Å². The van der Waals surface area contributed by atoms with Crippen molar-refractivity contribution >= 4 is 23.5 Å². The van der Waals surface area contributed by atoms with Crippen LogP contribution in [-0.2, 0) is 16.0 Å². The maximum absolute atomic E-state index is 9.10. The Morgan fingerprint density at radius 2 is 1.64 bits per heavy atom. The van der Waals surface area contributed by atoms with Crippen molar-refractivity contribution < 1.29 is 24.5 Å². The fourth-order valence-electron chi connectivity index (χ4n) is 2.87. The lowest BCUT2D eigenvalue weighted by Gasteiger charge is -2.33. The SMILES string of the molecule is CCc1cc(OCCCCN2CCN(CC)CC2)ccc1Cl.O=C(O)C(=O)O. The molecule has 0 amide bonds. The molecule has 1 aromatic carbocycles. The molecule has 158 valence electrons. The van der Waals surface area contributed by atoms with Crippen molar-refractivity contribution in [1.29, 1.82) is 0 Å². The third-order valence-electron chi connectivity index (χ3n) is 4.63. The zero-order valence-corrected chi connectivity index (χ0v) is 17.5. The molecule has 1 saturated heterocycles. The highest BCUT2D eigenvalue weighted by molar-refractivity contribution is 6.31. The van der Waals surface area contributed by atoms with Crippen LogP contribution in [0.5, 0.6) is 5.75 Å². The molecule has 1 aromatic rings. The number of halogens is 1. The largest absolute Gasteiger partial charge is 0.494 e. The predicted molar refractivity (Wildman–Crippen MR) is 109 cm³/mol. The van der Waals surface area contributed by atoms with Gasteiger partial charge in [0.25, 0.3) is 0 Å². The Bertz CT molecular complexity index is 607. The molecule has 2 N–H and O–H groups in total. The molecule has 0 atom stereocenters. The number of aryl methyl sites for hydroxylation is 1. The van der Waals surface area contributed by atoms with Crippen molar-refractivity contribution in [1.82, 2.24) is 9.80 Å². The molecule has 7 nitrogen and oxygen atoms in total. The van der Waals surface area contributed by atoms with E-state index in [9.17, 15) is 0 Å². The highest BCUT2D eigenvalue weighted by Crippen LogP contribution is 2.22. The number of benzene rings is 1. The van der Waals surface area contributed by atoms with Gasteiger partial charge in [-0.05, 0) is 56.1 Å². The minimum atomic E-state index is -1.82. The first-order valence-corrected chi connectivity index (χ1v) is 10.1. The van der Waals surface area contributed by atoms with Crippen LogP contribution in [0.4, 0.5) is 0 Å².